The molecule has 1 amide bonds. The van der Waals surface area contributed by atoms with E-state index in [-0.39, 0.29) is 12.5 Å². The third-order valence-corrected chi connectivity index (χ3v) is 4.47. The lowest BCUT2D eigenvalue weighted by Crippen LogP contribution is -2.37. The number of hydrogen-bond acceptors (Lipinski definition) is 2. The Balaban J connectivity index is 2.46. The molecular weight excluding hydrogens is 447 g/mol. The summed E-state index contributed by atoms with van der Waals surface area (Å²) in [5.41, 5.74) is -3.73. The summed E-state index contributed by atoms with van der Waals surface area (Å²) < 4.78 is 91.7. The first kappa shape index (κ1) is 24.9. The molecule has 4 nitrogen and oxygen atoms in total. The smallest absolute Gasteiger partial charge is 0.416 e. The van der Waals surface area contributed by atoms with Crippen molar-refractivity contribution in [3.05, 3.63) is 82.7 Å². The van der Waals surface area contributed by atoms with Crippen LogP contribution in [0.15, 0.2) is 54.6 Å². The maximum absolute atomic E-state index is 13.1. The van der Waals surface area contributed by atoms with E-state index in [2.05, 4.69) is 0 Å². The lowest BCUT2D eigenvalue weighted by molar-refractivity contribution is -0.143. The summed E-state index contributed by atoms with van der Waals surface area (Å²) in [6.07, 6.45) is -8.60. The van der Waals surface area contributed by atoms with Crippen LogP contribution in [-0.4, -0.2) is 35.0 Å². The van der Waals surface area contributed by atoms with Crippen molar-refractivity contribution >= 4 is 11.9 Å². The van der Waals surface area contributed by atoms with Crippen molar-refractivity contribution < 1.29 is 45.4 Å². The summed E-state index contributed by atoms with van der Waals surface area (Å²) in [5.74, 6) is -3.13. The molecule has 2 aromatic carbocycles. The van der Waals surface area contributed by atoms with Gasteiger partial charge in [-0.25, -0.2) is 9.18 Å². The van der Waals surface area contributed by atoms with Crippen LogP contribution in [0.3, 0.4) is 0 Å². The van der Waals surface area contributed by atoms with Crippen LogP contribution in [0, 0.1) is 5.82 Å². The van der Waals surface area contributed by atoms with Crippen LogP contribution in [0.2, 0.25) is 0 Å². The second-order valence-electron chi connectivity index (χ2n) is 6.81. The topological polar surface area (TPSA) is 57.6 Å². The Kier molecular flexibility index (Phi) is 7.32. The predicted molar refractivity (Wildman–Crippen MR) is 99.2 cm³/mol. The number of carbonyl (C=O) groups excluding carboxylic acids is 1. The van der Waals surface area contributed by atoms with E-state index in [0.29, 0.717) is 23.8 Å². The van der Waals surface area contributed by atoms with Crippen molar-refractivity contribution in [3.63, 3.8) is 0 Å². The predicted octanol–water partition coefficient (Wildman–Crippen LogP) is 5.19. The van der Waals surface area contributed by atoms with Crippen molar-refractivity contribution in [1.82, 2.24) is 4.90 Å². The Hall–Kier alpha value is -3.37. The number of nitrogens with zero attached hydrogens (tertiary/aromatic N) is 1. The zero-order valence-corrected chi connectivity index (χ0v) is 16.3. The first-order valence-electron chi connectivity index (χ1n) is 8.90. The van der Waals surface area contributed by atoms with E-state index in [1.165, 1.54) is 12.1 Å². The first-order valence-corrected chi connectivity index (χ1v) is 8.90. The molecular formula is C21H16F7NO3. The fraction of sp³-hybridized carbons (Fsp3) is 0.238. The molecule has 0 aliphatic rings. The molecule has 2 rings (SSSR count). The number of likely N-dealkylation sites (N-methyl/N-ethyl adjacent to an activating group) is 1. The molecule has 0 fully saturated rings. The Morgan fingerprint density at radius 1 is 0.969 bits per heavy atom. The summed E-state index contributed by atoms with van der Waals surface area (Å²) >= 11 is 0. The zero-order valence-electron chi connectivity index (χ0n) is 16.3. The standard InChI is InChI=1S/C21H16F7NO3/c1-29(17(6-7-18(30)31)8-12-2-4-16(22)5-3-12)19(32)13-9-14(20(23,24)25)11-15(10-13)21(26,27)28/h2-7,9-11,17H,8H2,1H3,(H,30,31)/t17-/m1/s1. The Morgan fingerprint density at radius 2 is 1.47 bits per heavy atom. The lowest BCUT2D eigenvalue weighted by Gasteiger charge is -2.27. The highest BCUT2D eigenvalue weighted by molar-refractivity contribution is 5.95. The van der Waals surface area contributed by atoms with Crippen molar-refractivity contribution in [2.24, 2.45) is 0 Å². The van der Waals surface area contributed by atoms with Crippen LogP contribution >= 0.6 is 0 Å². The number of carboxylic acids is 1. The quantitative estimate of drug-likeness (QED) is 0.474. The van der Waals surface area contributed by atoms with Crippen molar-refractivity contribution in [2.45, 2.75) is 24.8 Å². The zero-order chi connectivity index (χ0) is 24.3. The molecule has 0 unspecified atom stereocenters. The van der Waals surface area contributed by atoms with Crippen molar-refractivity contribution in [2.75, 3.05) is 7.05 Å². The maximum Gasteiger partial charge on any atom is 0.416 e. The van der Waals surface area contributed by atoms with E-state index < -0.39 is 52.8 Å². The Bertz CT molecular complexity index is 979. The molecule has 1 atom stereocenters. The molecule has 0 saturated heterocycles. The second kappa shape index (κ2) is 9.41. The molecule has 2 aromatic rings. The SMILES string of the molecule is CN(C(=O)c1cc(C(F)(F)F)cc(C(F)(F)F)c1)[C@H](C=CC(=O)O)Cc1ccc(F)cc1. The highest BCUT2D eigenvalue weighted by Gasteiger charge is 2.38. The normalized spacial score (nSPS) is 13.2. The number of carboxylic acid groups (broad SMARTS) is 1. The van der Waals surface area contributed by atoms with Gasteiger partial charge in [-0.05, 0) is 42.3 Å². The van der Waals surface area contributed by atoms with Gasteiger partial charge in [0.15, 0.2) is 0 Å². The third kappa shape index (κ3) is 6.56. The van der Waals surface area contributed by atoms with E-state index in [1.807, 2.05) is 0 Å². The fourth-order valence-electron chi connectivity index (χ4n) is 2.82. The first-order chi connectivity index (χ1) is 14.7. The van der Waals surface area contributed by atoms with Gasteiger partial charge < -0.3 is 10.0 Å². The fourth-order valence-corrected chi connectivity index (χ4v) is 2.82. The Labute approximate surface area is 177 Å². The van der Waals surface area contributed by atoms with Gasteiger partial charge in [0.25, 0.3) is 5.91 Å². The van der Waals surface area contributed by atoms with Gasteiger partial charge in [-0.3, -0.25) is 4.79 Å². The van der Waals surface area contributed by atoms with E-state index in [0.717, 1.165) is 30.2 Å². The minimum absolute atomic E-state index is 0.0720. The minimum atomic E-state index is -5.13. The van der Waals surface area contributed by atoms with E-state index in [9.17, 15) is 40.3 Å². The van der Waals surface area contributed by atoms with E-state index in [4.69, 9.17) is 5.11 Å². The number of benzene rings is 2. The minimum Gasteiger partial charge on any atom is -0.478 e. The average Bonchev–Trinajstić information content (AvgIpc) is 2.69. The van der Waals surface area contributed by atoms with Crippen LogP contribution < -0.4 is 0 Å². The van der Waals surface area contributed by atoms with Gasteiger partial charge in [-0.1, -0.05) is 18.2 Å². The molecule has 0 bridgehead atoms. The molecule has 0 aliphatic heterocycles. The third-order valence-electron chi connectivity index (χ3n) is 4.47. The molecule has 0 aliphatic carbocycles. The molecule has 0 saturated carbocycles. The number of carbonyl (C=O) groups is 2. The number of rotatable bonds is 6. The summed E-state index contributed by atoms with van der Waals surface area (Å²) in [6, 6.07) is 4.34. The van der Waals surface area contributed by atoms with Crippen molar-refractivity contribution in [3.8, 4) is 0 Å². The summed E-state index contributed by atoms with van der Waals surface area (Å²) in [6.45, 7) is 0. The van der Waals surface area contributed by atoms with E-state index >= 15 is 0 Å². The van der Waals surface area contributed by atoms with Gasteiger partial charge in [0.2, 0.25) is 0 Å². The maximum atomic E-state index is 13.1. The van der Waals surface area contributed by atoms with E-state index in [1.54, 1.807) is 0 Å². The largest absolute Gasteiger partial charge is 0.478 e. The van der Waals surface area contributed by atoms with Crippen LogP contribution in [-0.2, 0) is 23.6 Å². The number of hydrogen-bond donors (Lipinski definition) is 1. The van der Waals surface area contributed by atoms with Gasteiger partial charge >= 0.3 is 18.3 Å². The number of aliphatic carboxylic acids is 1. The molecule has 0 spiro atoms. The van der Waals surface area contributed by atoms with Crippen LogP contribution in [0.4, 0.5) is 30.7 Å². The van der Waals surface area contributed by atoms with Gasteiger partial charge in [0.1, 0.15) is 5.82 Å². The van der Waals surface area contributed by atoms with Gasteiger partial charge in [-0.2, -0.15) is 26.3 Å². The van der Waals surface area contributed by atoms with Crippen LogP contribution in [0.5, 0.6) is 0 Å². The molecule has 0 aromatic heterocycles. The summed E-state index contributed by atoms with van der Waals surface area (Å²) in [4.78, 5) is 24.5. The number of alkyl halides is 6. The molecule has 11 heteroatoms. The Morgan fingerprint density at radius 3 is 1.91 bits per heavy atom. The second-order valence-corrected chi connectivity index (χ2v) is 6.81. The molecule has 1 N–H and O–H groups in total. The summed E-state index contributed by atoms with van der Waals surface area (Å²) in [7, 11) is 1.11. The molecule has 0 heterocycles. The summed E-state index contributed by atoms with van der Waals surface area (Å²) in [5, 5.41) is 8.86. The molecule has 0 radical (unpaired) electrons. The average molecular weight is 463 g/mol. The van der Waals surface area contributed by atoms with Gasteiger partial charge in [0.05, 0.1) is 17.2 Å². The van der Waals surface area contributed by atoms with Gasteiger partial charge in [-0.15, -0.1) is 0 Å². The monoisotopic (exact) mass is 463 g/mol. The van der Waals surface area contributed by atoms with Gasteiger partial charge in [0, 0.05) is 18.7 Å². The van der Waals surface area contributed by atoms with Crippen molar-refractivity contribution in [1.29, 1.82) is 0 Å². The molecule has 32 heavy (non-hydrogen) atoms. The highest BCUT2D eigenvalue weighted by atomic mass is 19.4. The highest BCUT2D eigenvalue weighted by Crippen LogP contribution is 2.36. The van der Waals surface area contributed by atoms with Crippen LogP contribution in [0.25, 0.3) is 0 Å². The molecule has 172 valence electrons. The van der Waals surface area contributed by atoms with Crippen LogP contribution in [0.1, 0.15) is 27.0 Å². The number of halogens is 7. The lowest BCUT2D eigenvalue weighted by atomic mass is 10.0. The number of amides is 1.